The fourth-order valence-electron chi connectivity index (χ4n) is 4.48. The average Bonchev–Trinajstić information content (AvgIpc) is 3.22. The summed E-state index contributed by atoms with van der Waals surface area (Å²) in [6.45, 7) is 6.31. The Bertz CT molecular complexity index is 1430. The number of hydrogen-bond acceptors (Lipinski definition) is 5. The molecule has 180 valence electrons. The van der Waals surface area contributed by atoms with E-state index in [1.165, 1.54) is 27.8 Å². The highest BCUT2D eigenvalue weighted by atomic mass is 32.2. The number of hydrogen-bond donors (Lipinski definition) is 1. The van der Waals surface area contributed by atoms with E-state index in [2.05, 4.69) is 19.2 Å². The monoisotopic (exact) mass is 503 g/mol. The van der Waals surface area contributed by atoms with Crippen molar-refractivity contribution >= 4 is 44.9 Å². The van der Waals surface area contributed by atoms with E-state index in [1.54, 1.807) is 15.9 Å². The van der Waals surface area contributed by atoms with E-state index in [4.69, 9.17) is 4.98 Å². The van der Waals surface area contributed by atoms with Gasteiger partial charge in [-0.05, 0) is 73.9 Å². The maximum absolute atomic E-state index is 13.8. The zero-order valence-electron chi connectivity index (χ0n) is 20.3. The summed E-state index contributed by atoms with van der Waals surface area (Å²) in [7, 11) is 0. The second kappa shape index (κ2) is 9.99. The standard InChI is InChI=1S/C28H29N3O2S2/c1-17(2)19-10-12-20(13-11-19)29-24(32)16-34-28-30-26-25(22-6-4-5-7-23(22)35-26)27(33)31(28)21-14-8-18(3)9-15-21/h8-15,17H,4-7,16H2,1-3H3,(H,29,32). The summed E-state index contributed by atoms with van der Waals surface area (Å²) >= 11 is 2.94. The first kappa shape index (κ1) is 23.8. The van der Waals surface area contributed by atoms with Crippen LogP contribution in [-0.4, -0.2) is 21.2 Å². The molecule has 0 bridgehead atoms. The van der Waals surface area contributed by atoms with Gasteiger partial charge in [-0.1, -0.05) is 55.4 Å². The van der Waals surface area contributed by atoms with E-state index in [1.807, 2.05) is 55.5 Å². The topological polar surface area (TPSA) is 64.0 Å². The lowest BCUT2D eigenvalue weighted by Gasteiger charge is -2.14. The molecule has 0 aliphatic heterocycles. The van der Waals surface area contributed by atoms with Gasteiger partial charge in [0.1, 0.15) is 4.83 Å². The summed E-state index contributed by atoms with van der Waals surface area (Å²) in [5.74, 6) is 0.487. The third-order valence-corrected chi connectivity index (χ3v) is 8.57. The number of nitrogens with zero attached hydrogens (tertiary/aromatic N) is 2. The van der Waals surface area contributed by atoms with Crippen LogP contribution in [0.5, 0.6) is 0 Å². The van der Waals surface area contributed by atoms with Gasteiger partial charge in [0.25, 0.3) is 5.56 Å². The first-order valence-electron chi connectivity index (χ1n) is 12.1. The smallest absolute Gasteiger partial charge is 0.267 e. The van der Waals surface area contributed by atoms with Gasteiger partial charge >= 0.3 is 0 Å². The lowest BCUT2D eigenvalue weighted by molar-refractivity contribution is -0.113. The zero-order valence-corrected chi connectivity index (χ0v) is 21.9. The Morgan fingerprint density at radius 2 is 1.80 bits per heavy atom. The number of carbonyl (C=O) groups excluding carboxylic acids is 1. The molecular formula is C28H29N3O2S2. The molecule has 5 nitrogen and oxygen atoms in total. The van der Waals surface area contributed by atoms with Crippen molar-refractivity contribution in [2.45, 2.75) is 57.5 Å². The van der Waals surface area contributed by atoms with E-state index in [0.29, 0.717) is 11.1 Å². The van der Waals surface area contributed by atoms with Gasteiger partial charge in [0, 0.05) is 10.6 Å². The number of fused-ring (bicyclic) bond motifs is 3. The molecule has 0 saturated carbocycles. The number of carbonyl (C=O) groups is 1. The third-order valence-electron chi connectivity index (χ3n) is 6.44. The van der Waals surface area contributed by atoms with Crippen LogP contribution in [0, 0.1) is 6.92 Å². The Hall–Kier alpha value is -2.90. The lowest BCUT2D eigenvalue weighted by atomic mass is 9.97. The number of thioether (sulfide) groups is 1. The molecule has 1 aliphatic rings. The van der Waals surface area contributed by atoms with Crippen molar-refractivity contribution in [1.82, 2.24) is 9.55 Å². The van der Waals surface area contributed by atoms with Crippen molar-refractivity contribution in [3.05, 3.63) is 80.5 Å². The predicted molar refractivity (Wildman–Crippen MR) is 146 cm³/mol. The van der Waals surface area contributed by atoms with Gasteiger partial charge in [0.2, 0.25) is 5.91 Å². The van der Waals surface area contributed by atoms with E-state index < -0.39 is 0 Å². The van der Waals surface area contributed by atoms with Crippen LogP contribution in [0.25, 0.3) is 15.9 Å². The molecule has 1 N–H and O–H groups in total. The minimum Gasteiger partial charge on any atom is -0.325 e. The van der Waals surface area contributed by atoms with Gasteiger partial charge in [-0.3, -0.25) is 14.2 Å². The molecule has 0 fully saturated rings. The Morgan fingerprint density at radius 1 is 1.09 bits per heavy atom. The van der Waals surface area contributed by atoms with Crippen molar-refractivity contribution in [3.8, 4) is 5.69 Å². The second-order valence-corrected chi connectivity index (χ2v) is 11.4. The molecule has 0 radical (unpaired) electrons. The van der Waals surface area contributed by atoms with E-state index in [0.717, 1.165) is 52.8 Å². The highest BCUT2D eigenvalue weighted by Crippen LogP contribution is 2.35. The van der Waals surface area contributed by atoms with Crippen LogP contribution in [-0.2, 0) is 17.6 Å². The molecule has 0 spiro atoms. The summed E-state index contributed by atoms with van der Waals surface area (Å²) in [6, 6.07) is 15.8. The molecule has 1 amide bonds. The average molecular weight is 504 g/mol. The predicted octanol–water partition coefficient (Wildman–Crippen LogP) is 6.49. The molecule has 35 heavy (non-hydrogen) atoms. The largest absolute Gasteiger partial charge is 0.325 e. The highest BCUT2D eigenvalue weighted by molar-refractivity contribution is 7.99. The Kier molecular flexibility index (Phi) is 6.80. The summed E-state index contributed by atoms with van der Waals surface area (Å²) in [5, 5.41) is 4.27. The van der Waals surface area contributed by atoms with Crippen molar-refractivity contribution < 1.29 is 4.79 Å². The third kappa shape index (κ3) is 4.93. The number of nitrogens with one attached hydrogen (secondary N) is 1. The van der Waals surface area contributed by atoms with E-state index >= 15 is 0 Å². The van der Waals surface area contributed by atoms with Crippen molar-refractivity contribution in [1.29, 1.82) is 0 Å². The first-order valence-corrected chi connectivity index (χ1v) is 13.9. The number of anilines is 1. The van der Waals surface area contributed by atoms with Gasteiger partial charge in [-0.15, -0.1) is 11.3 Å². The van der Waals surface area contributed by atoms with Crippen LogP contribution in [0.3, 0.4) is 0 Å². The van der Waals surface area contributed by atoms with Crippen molar-refractivity contribution in [2.75, 3.05) is 11.1 Å². The maximum Gasteiger partial charge on any atom is 0.267 e. The summed E-state index contributed by atoms with van der Waals surface area (Å²) in [5.41, 5.74) is 5.04. The quantitative estimate of drug-likeness (QED) is 0.241. The summed E-state index contributed by atoms with van der Waals surface area (Å²) < 4.78 is 1.68. The minimum atomic E-state index is -0.123. The van der Waals surface area contributed by atoms with Gasteiger partial charge in [0.15, 0.2) is 5.16 Å². The minimum absolute atomic E-state index is 0.0366. The fraction of sp³-hybridized carbons (Fsp3) is 0.321. The van der Waals surface area contributed by atoms with Crippen LogP contribution in [0.2, 0.25) is 0 Å². The SMILES string of the molecule is Cc1ccc(-n2c(SCC(=O)Nc3ccc(C(C)C)cc3)nc3sc4c(c3c2=O)CCCC4)cc1. The number of amides is 1. The second-order valence-electron chi connectivity index (χ2n) is 9.38. The Labute approximate surface area is 213 Å². The molecule has 7 heteroatoms. The van der Waals surface area contributed by atoms with Crippen LogP contribution < -0.4 is 10.9 Å². The van der Waals surface area contributed by atoms with Crippen LogP contribution >= 0.6 is 23.1 Å². The van der Waals surface area contributed by atoms with Crippen LogP contribution in [0.15, 0.2) is 58.5 Å². The summed E-state index contributed by atoms with van der Waals surface area (Å²) in [4.78, 5) is 33.6. The molecule has 2 aromatic heterocycles. The maximum atomic E-state index is 13.8. The number of aryl methyl sites for hydroxylation is 3. The van der Waals surface area contributed by atoms with Crippen molar-refractivity contribution in [3.63, 3.8) is 0 Å². The Morgan fingerprint density at radius 3 is 2.51 bits per heavy atom. The van der Waals surface area contributed by atoms with Gasteiger partial charge < -0.3 is 5.32 Å². The van der Waals surface area contributed by atoms with Crippen LogP contribution in [0.1, 0.15) is 54.2 Å². The van der Waals surface area contributed by atoms with Gasteiger partial charge in [-0.2, -0.15) is 0 Å². The van der Waals surface area contributed by atoms with Gasteiger partial charge in [-0.25, -0.2) is 4.98 Å². The normalized spacial score (nSPS) is 13.3. The molecule has 2 heterocycles. The molecular weight excluding hydrogens is 474 g/mol. The zero-order chi connectivity index (χ0) is 24.5. The van der Waals surface area contributed by atoms with E-state index in [9.17, 15) is 9.59 Å². The first-order chi connectivity index (χ1) is 16.9. The van der Waals surface area contributed by atoms with E-state index in [-0.39, 0.29) is 17.2 Å². The molecule has 0 atom stereocenters. The molecule has 1 aliphatic carbocycles. The molecule has 4 aromatic rings. The Balaban J connectivity index is 1.46. The highest BCUT2D eigenvalue weighted by Gasteiger charge is 2.23. The number of thiophene rings is 1. The number of aromatic nitrogens is 2. The number of rotatable bonds is 6. The lowest BCUT2D eigenvalue weighted by Crippen LogP contribution is -2.23. The molecule has 0 saturated heterocycles. The number of benzene rings is 2. The molecule has 5 rings (SSSR count). The fourth-order valence-corrected chi connectivity index (χ4v) is 6.60. The summed E-state index contributed by atoms with van der Waals surface area (Å²) in [6.07, 6.45) is 4.22. The molecule has 0 unspecified atom stereocenters. The van der Waals surface area contributed by atoms with Gasteiger partial charge in [0.05, 0.1) is 16.8 Å². The van der Waals surface area contributed by atoms with Crippen LogP contribution in [0.4, 0.5) is 5.69 Å². The van der Waals surface area contributed by atoms with Crippen molar-refractivity contribution in [2.24, 2.45) is 0 Å². The molecule has 2 aromatic carbocycles.